The van der Waals surface area contributed by atoms with Crippen molar-refractivity contribution in [3.63, 3.8) is 0 Å². The average molecular weight is 141 g/mol. The minimum atomic E-state index is -0.713. The maximum absolute atomic E-state index is 10.3. The van der Waals surface area contributed by atoms with Crippen molar-refractivity contribution >= 4 is 11.4 Å². The molecule has 1 aromatic rings. The fourth-order valence-corrected chi connectivity index (χ4v) is 0.551. The third-order valence-corrected chi connectivity index (χ3v) is 0.961. The summed E-state index contributed by atoms with van der Waals surface area (Å²) >= 11 is 0. The van der Waals surface area contributed by atoms with Crippen molar-refractivity contribution in [3.05, 3.63) is 34.4 Å². The first kappa shape index (κ1) is 3.55. The Balaban J connectivity index is 3.26. The van der Waals surface area contributed by atoms with Crippen LogP contribution in [0.1, 0.15) is 1.37 Å². The highest BCUT2D eigenvalue weighted by Crippen LogP contribution is 2.13. The second-order valence-electron chi connectivity index (χ2n) is 1.68. The highest BCUT2D eigenvalue weighted by atomic mass is 16.6. The van der Waals surface area contributed by atoms with Gasteiger partial charge in [0.1, 0.15) is 0 Å². The first-order chi connectivity index (χ1) is 6.04. The zero-order valence-corrected chi connectivity index (χ0v) is 4.94. The number of hydrogen-bond acceptors (Lipinski definition) is 3. The molecular weight excluding hydrogens is 132 g/mol. The van der Waals surface area contributed by atoms with E-state index in [1.54, 1.807) is 0 Å². The summed E-state index contributed by atoms with van der Waals surface area (Å²) in [7, 11) is 0. The van der Waals surface area contributed by atoms with E-state index in [4.69, 9.17) is 4.19 Å². The molecule has 1 rings (SSSR count). The van der Waals surface area contributed by atoms with Gasteiger partial charge in [-0.25, -0.2) is 0 Å². The Morgan fingerprint density at radius 2 is 2.60 bits per heavy atom. The van der Waals surface area contributed by atoms with E-state index < -0.39 is 16.7 Å². The van der Waals surface area contributed by atoms with Crippen LogP contribution in [-0.4, -0.2) is 4.92 Å². The fourth-order valence-electron chi connectivity index (χ4n) is 0.551. The predicted octanol–water partition coefficient (Wildman–Crippen LogP) is 1.18. The molecular formula is C6H6N2O2. The lowest BCUT2D eigenvalue weighted by Gasteiger charge is -1.90. The maximum atomic E-state index is 10.3. The van der Waals surface area contributed by atoms with Crippen molar-refractivity contribution in [2.75, 3.05) is 5.72 Å². The van der Waals surface area contributed by atoms with Crippen LogP contribution in [0.5, 0.6) is 0 Å². The van der Waals surface area contributed by atoms with Crippen molar-refractivity contribution in [3.8, 4) is 0 Å². The van der Waals surface area contributed by atoms with Crippen molar-refractivity contribution in [1.82, 2.24) is 0 Å². The summed E-state index contributed by atoms with van der Waals surface area (Å²) in [6, 6.07) is 3.38. The van der Waals surface area contributed by atoms with Gasteiger partial charge in [0.15, 0.2) is 2.82 Å². The molecule has 0 aliphatic heterocycles. The van der Waals surface area contributed by atoms with E-state index in [9.17, 15) is 10.1 Å². The van der Waals surface area contributed by atoms with Gasteiger partial charge in [-0.2, -0.15) is 0 Å². The molecule has 0 radical (unpaired) electrons. The Labute approximate surface area is 61.8 Å². The number of nitrogen functional groups attached to an aromatic ring is 1. The van der Waals surface area contributed by atoms with Crippen LogP contribution < -0.4 is 5.72 Å². The van der Waals surface area contributed by atoms with Crippen molar-refractivity contribution < 1.29 is 9.12 Å². The standard InChI is InChI=1S/C6H6N2O2/c7-5-2-1-3-6(4-5)8(9)10/h1-4H,7H2/i4D/hD2. The molecule has 0 atom stereocenters. The monoisotopic (exact) mass is 141 g/mol. The minimum absolute atomic E-state index is 0.116. The summed E-state index contributed by atoms with van der Waals surface area (Å²) in [6.07, 6.45) is 0. The highest BCUT2D eigenvalue weighted by Gasteiger charge is 2.02. The van der Waals surface area contributed by atoms with Crippen LogP contribution in [0.4, 0.5) is 11.4 Å². The minimum Gasteiger partial charge on any atom is -0.399 e. The smallest absolute Gasteiger partial charge is 0.271 e. The van der Waals surface area contributed by atoms with Crippen LogP contribution >= 0.6 is 0 Å². The number of anilines is 1. The molecule has 0 aliphatic carbocycles. The molecule has 0 aromatic heterocycles. The highest BCUT2D eigenvalue weighted by molar-refractivity contribution is 5.46. The summed E-state index contributed by atoms with van der Waals surface area (Å²) in [4.78, 5) is 9.63. The molecule has 0 amide bonds. The molecule has 0 heterocycles. The predicted molar refractivity (Wildman–Crippen MR) is 37.5 cm³/mol. The first-order valence-corrected chi connectivity index (χ1v) is 2.56. The lowest BCUT2D eigenvalue weighted by atomic mass is 10.3. The molecule has 4 heteroatoms. The van der Waals surface area contributed by atoms with Gasteiger partial charge in [-0.1, -0.05) is 6.07 Å². The molecule has 0 fully saturated rings. The van der Waals surface area contributed by atoms with Crippen LogP contribution in [0.2, 0.25) is 2.82 Å². The van der Waals surface area contributed by atoms with Gasteiger partial charge < -0.3 is 5.72 Å². The fraction of sp³-hybridized carbons (Fsp3) is 0. The van der Waals surface area contributed by atoms with E-state index in [0.717, 1.165) is 6.07 Å². The Kier molecular flexibility index (Phi) is 0.834. The van der Waals surface area contributed by atoms with Crippen LogP contribution in [0.3, 0.4) is 0 Å². The SMILES string of the molecule is [2H]c1c(N([2H])[2H])cccc1[N+](=O)[O-]. The Bertz CT molecular complexity index is 343. The molecule has 0 saturated heterocycles. The van der Waals surface area contributed by atoms with E-state index in [-0.39, 0.29) is 11.4 Å². The summed E-state index contributed by atoms with van der Waals surface area (Å²) in [5.74, 6) is 0. The van der Waals surface area contributed by atoms with Crippen LogP contribution in [0, 0.1) is 10.1 Å². The molecule has 0 spiro atoms. The van der Waals surface area contributed by atoms with Gasteiger partial charge in [0.2, 0.25) is 0 Å². The van der Waals surface area contributed by atoms with E-state index in [0.29, 0.717) is 0 Å². The number of rotatable bonds is 2. The van der Waals surface area contributed by atoms with Crippen molar-refractivity contribution in [2.24, 2.45) is 0 Å². The van der Waals surface area contributed by atoms with Gasteiger partial charge >= 0.3 is 0 Å². The van der Waals surface area contributed by atoms with Gasteiger partial charge in [-0.05, 0) is 6.07 Å². The molecule has 0 aliphatic rings. The largest absolute Gasteiger partial charge is 0.399 e. The third-order valence-electron chi connectivity index (χ3n) is 0.961. The van der Waals surface area contributed by atoms with E-state index in [2.05, 4.69) is 0 Å². The molecule has 0 bridgehead atoms. The van der Waals surface area contributed by atoms with E-state index >= 15 is 0 Å². The van der Waals surface area contributed by atoms with Gasteiger partial charge in [-0.3, -0.25) is 10.1 Å². The molecule has 4 nitrogen and oxygen atoms in total. The first-order valence-electron chi connectivity index (χ1n) is 3.95. The zero-order valence-electron chi connectivity index (χ0n) is 7.94. The molecule has 2 N–H and O–H groups in total. The molecule has 0 unspecified atom stereocenters. The molecule has 52 valence electrons. The second-order valence-corrected chi connectivity index (χ2v) is 1.68. The van der Waals surface area contributed by atoms with Crippen LogP contribution in [0.25, 0.3) is 0 Å². The molecule has 1 aromatic carbocycles. The summed E-state index contributed by atoms with van der Waals surface area (Å²) in [5.41, 5.74) is -0.341. The normalized spacial score (nSPS) is 13.0. The summed E-state index contributed by atoms with van der Waals surface area (Å²) in [5, 5.41) is 10.3. The van der Waals surface area contributed by atoms with E-state index in [1.807, 2.05) is 0 Å². The van der Waals surface area contributed by atoms with Crippen LogP contribution in [0.15, 0.2) is 24.2 Å². The van der Waals surface area contributed by atoms with Gasteiger partial charge in [-0.15, -0.1) is 0 Å². The quantitative estimate of drug-likeness (QED) is 0.382. The van der Waals surface area contributed by atoms with Crippen LogP contribution in [-0.2, 0) is 0 Å². The topological polar surface area (TPSA) is 69.2 Å². The Morgan fingerprint density at radius 3 is 3.20 bits per heavy atom. The average Bonchev–Trinajstić information content (AvgIpc) is 2.03. The number of hydrogen-bond donors (Lipinski definition) is 1. The van der Waals surface area contributed by atoms with Crippen molar-refractivity contribution in [1.29, 1.82) is 0 Å². The van der Waals surface area contributed by atoms with Crippen molar-refractivity contribution in [2.45, 2.75) is 0 Å². The zero-order chi connectivity index (χ0) is 10.0. The molecule has 10 heavy (non-hydrogen) atoms. The number of nitro groups is 1. The number of nitrogens with zero attached hydrogens (tertiary/aromatic N) is 1. The number of nitrogens with two attached hydrogens (primary N) is 1. The lowest BCUT2D eigenvalue weighted by molar-refractivity contribution is -0.384. The Hall–Kier alpha value is -1.58. The second kappa shape index (κ2) is 2.34. The third kappa shape index (κ3) is 1.22. The number of benzene rings is 1. The number of nitro benzene ring substituents is 1. The van der Waals surface area contributed by atoms with Gasteiger partial charge in [0.25, 0.3) is 5.69 Å². The van der Waals surface area contributed by atoms with Gasteiger partial charge in [0.05, 0.1) is 6.29 Å². The summed E-state index contributed by atoms with van der Waals surface area (Å²) in [6.45, 7) is 0. The van der Waals surface area contributed by atoms with Gasteiger partial charge in [0, 0.05) is 17.8 Å². The summed E-state index contributed by atoms with van der Waals surface area (Å²) < 4.78 is 21.0. The molecule has 0 saturated carbocycles. The lowest BCUT2D eigenvalue weighted by Crippen LogP contribution is -1.89. The maximum Gasteiger partial charge on any atom is 0.271 e. The van der Waals surface area contributed by atoms with E-state index in [1.165, 1.54) is 12.1 Å². The Morgan fingerprint density at radius 1 is 1.80 bits per heavy atom.